The first-order valence-electron chi connectivity index (χ1n) is 10.3. The van der Waals surface area contributed by atoms with Gasteiger partial charge in [-0.2, -0.15) is 0 Å². The number of nitrogens with two attached hydrogens (primary N) is 1. The molecule has 0 atom stereocenters. The van der Waals surface area contributed by atoms with Crippen LogP contribution in [0.3, 0.4) is 0 Å². The molecule has 3 aromatic rings. The van der Waals surface area contributed by atoms with Crippen LogP contribution >= 0.6 is 0 Å². The highest BCUT2D eigenvalue weighted by Gasteiger charge is 2.21. The molecule has 0 spiro atoms. The zero-order valence-corrected chi connectivity index (χ0v) is 16.9. The Bertz CT molecular complexity index is 897. The summed E-state index contributed by atoms with van der Waals surface area (Å²) >= 11 is 0. The van der Waals surface area contributed by atoms with Crippen LogP contribution in [0.2, 0.25) is 0 Å². The van der Waals surface area contributed by atoms with E-state index in [9.17, 15) is 0 Å². The number of aryl methyl sites for hydroxylation is 1. The van der Waals surface area contributed by atoms with E-state index in [1.54, 1.807) is 0 Å². The van der Waals surface area contributed by atoms with Crippen molar-refractivity contribution in [2.24, 2.45) is 5.92 Å². The van der Waals surface area contributed by atoms with Gasteiger partial charge in [-0.15, -0.1) is 0 Å². The number of furan rings is 1. The third-order valence-corrected chi connectivity index (χ3v) is 5.47. The summed E-state index contributed by atoms with van der Waals surface area (Å²) < 4.78 is 11.4. The van der Waals surface area contributed by atoms with Crippen molar-refractivity contribution in [1.29, 1.82) is 0 Å². The minimum absolute atomic E-state index is 0.742. The van der Waals surface area contributed by atoms with Gasteiger partial charge in [-0.25, -0.2) is 9.97 Å². The topological polar surface area (TPSA) is 77.4 Å². The van der Waals surface area contributed by atoms with Crippen LogP contribution in [0.15, 0.2) is 53.2 Å². The molecule has 1 aliphatic rings. The first kappa shape index (κ1) is 19.3. The van der Waals surface area contributed by atoms with Crippen LogP contribution in [0.4, 0.5) is 11.6 Å². The number of ether oxygens (including phenoxy) is 1. The first-order chi connectivity index (χ1) is 14.2. The van der Waals surface area contributed by atoms with Gasteiger partial charge in [0.25, 0.3) is 0 Å². The van der Waals surface area contributed by atoms with Crippen LogP contribution < -0.4 is 15.4 Å². The Balaban J connectivity index is 1.19. The lowest BCUT2D eigenvalue weighted by Gasteiger charge is -2.32. The van der Waals surface area contributed by atoms with Crippen LogP contribution in [-0.4, -0.2) is 29.7 Å². The summed E-state index contributed by atoms with van der Waals surface area (Å²) in [5.74, 6) is 4.15. The Morgan fingerprint density at radius 2 is 1.79 bits per heavy atom. The molecule has 6 heteroatoms. The second-order valence-electron chi connectivity index (χ2n) is 7.67. The Morgan fingerprint density at radius 3 is 2.45 bits per heavy atom. The van der Waals surface area contributed by atoms with E-state index in [-0.39, 0.29) is 0 Å². The summed E-state index contributed by atoms with van der Waals surface area (Å²) in [5, 5.41) is 0. The van der Waals surface area contributed by atoms with Crippen molar-refractivity contribution in [3.05, 3.63) is 54.6 Å². The monoisotopic (exact) mass is 392 g/mol. The van der Waals surface area contributed by atoms with Crippen LogP contribution in [0.1, 0.15) is 31.4 Å². The van der Waals surface area contributed by atoms with Crippen molar-refractivity contribution in [3.8, 4) is 17.1 Å². The van der Waals surface area contributed by atoms with E-state index < -0.39 is 0 Å². The normalized spacial score (nSPS) is 14.9. The third-order valence-electron chi connectivity index (χ3n) is 5.47. The summed E-state index contributed by atoms with van der Waals surface area (Å²) in [6.45, 7) is 4.69. The molecule has 1 aromatic carbocycles. The first-order valence-corrected chi connectivity index (χ1v) is 10.3. The average Bonchev–Trinajstić information content (AvgIpc) is 3.19. The molecule has 4 rings (SSSR count). The number of hydrogen-bond acceptors (Lipinski definition) is 6. The summed E-state index contributed by atoms with van der Waals surface area (Å²) in [6, 6.07) is 11.5. The average molecular weight is 393 g/mol. The summed E-state index contributed by atoms with van der Waals surface area (Å²) in [6.07, 6.45) is 8.31. The zero-order valence-electron chi connectivity index (χ0n) is 16.9. The van der Waals surface area contributed by atoms with Crippen molar-refractivity contribution in [2.45, 2.75) is 32.6 Å². The molecule has 1 saturated heterocycles. The number of nitrogens with zero attached hydrogens (tertiary/aromatic N) is 3. The Kier molecular flexibility index (Phi) is 5.98. The molecule has 0 saturated carbocycles. The molecule has 0 amide bonds. The van der Waals surface area contributed by atoms with E-state index >= 15 is 0 Å². The molecule has 1 fully saturated rings. The van der Waals surface area contributed by atoms with Crippen molar-refractivity contribution in [2.75, 3.05) is 30.3 Å². The van der Waals surface area contributed by atoms with Crippen LogP contribution in [0.25, 0.3) is 11.3 Å². The molecule has 0 unspecified atom stereocenters. The van der Waals surface area contributed by atoms with Crippen molar-refractivity contribution >= 4 is 11.6 Å². The Morgan fingerprint density at radius 1 is 1.07 bits per heavy atom. The lowest BCUT2D eigenvalue weighted by molar-refractivity contribution is 0.279. The smallest absolute Gasteiger partial charge is 0.225 e. The van der Waals surface area contributed by atoms with Crippen molar-refractivity contribution < 1.29 is 9.15 Å². The molecule has 6 nitrogen and oxygen atoms in total. The van der Waals surface area contributed by atoms with Gasteiger partial charge in [0.1, 0.15) is 17.3 Å². The van der Waals surface area contributed by atoms with Crippen molar-refractivity contribution in [3.63, 3.8) is 0 Å². The van der Waals surface area contributed by atoms with Crippen molar-refractivity contribution in [1.82, 2.24) is 9.97 Å². The van der Waals surface area contributed by atoms with E-state index in [1.165, 1.54) is 19.3 Å². The fourth-order valence-corrected chi connectivity index (χ4v) is 3.75. The number of nitrogen functional groups attached to an aromatic ring is 1. The number of piperidine rings is 1. The number of hydrogen-bond donors (Lipinski definition) is 1. The second kappa shape index (κ2) is 8.99. The van der Waals surface area contributed by atoms with E-state index in [2.05, 4.69) is 14.9 Å². The van der Waals surface area contributed by atoms with E-state index in [0.717, 1.165) is 66.5 Å². The molecule has 3 heterocycles. The molecule has 0 aliphatic carbocycles. The van der Waals surface area contributed by atoms with Gasteiger partial charge in [-0.3, -0.25) is 0 Å². The fourth-order valence-electron chi connectivity index (χ4n) is 3.75. The predicted molar refractivity (Wildman–Crippen MR) is 115 cm³/mol. The highest BCUT2D eigenvalue weighted by molar-refractivity contribution is 5.56. The van der Waals surface area contributed by atoms with E-state index in [1.807, 2.05) is 55.7 Å². The zero-order chi connectivity index (χ0) is 20.1. The van der Waals surface area contributed by atoms with Gasteiger partial charge < -0.3 is 19.8 Å². The van der Waals surface area contributed by atoms with Gasteiger partial charge in [0, 0.05) is 31.2 Å². The highest BCUT2D eigenvalue weighted by atomic mass is 16.5. The van der Waals surface area contributed by atoms with Gasteiger partial charge >= 0.3 is 0 Å². The minimum Gasteiger partial charge on any atom is -0.494 e. The van der Waals surface area contributed by atoms with Gasteiger partial charge in [0.15, 0.2) is 0 Å². The van der Waals surface area contributed by atoms with Gasteiger partial charge in [0.2, 0.25) is 5.95 Å². The fraction of sp³-hybridized carbons (Fsp3) is 0.391. The van der Waals surface area contributed by atoms with E-state index in [4.69, 9.17) is 14.9 Å². The third kappa shape index (κ3) is 5.08. The molecular formula is C23H28N4O2. The number of anilines is 2. The van der Waals surface area contributed by atoms with Crippen LogP contribution in [0, 0.1) is 12.8 Å². The Labute approximate surface area is 171 Å². The lowest BCUT2D eigenvalue weighted by atomic mass is 9.92. The number of aromatic nitrogens is 2. The van der Waals surface area contributed by atoms with Crippen LogP contribution in [0.5, 0.6) is 5.75 Å². The SMILES string of the molecule is Cc1ccc(-c2cnc(N3CCC(CCCOc4ccc(N)cc4)CC3)nc2)o1. The van der Waals surface area contributed by atoms with Gasteiger partial charge in [0.05, 0.1) is 12.2 Å². The maximum Gasteiger partial charge on any atom is 0.225 e. The van der Waals surface area contributed by atoms with Crippen LogP contribution in [-0.2, 0) is 0 Å². The van der Waals surface area contributed by atoms with E-state index in [0.29, 0.717) is 0 Å². The molecule has 2 aromatic heterocycles. The standard InChI is InChI=1S/C23H28N4O2/c1-17-4-9-22(29-17)19-15-25-23(26-16-19)27-12-10-18(11-13-27)3-2-14-28-21-7-5-20(24)6-8-21/h4-9,15-16,18H,2-3,10-14,24H2,1H3. The summed E-state index contributed by atoms with van der Waals surface area (Å²) in [4.78, 5) is 11.4. The highest BCUT2D eigenvalue weighted by Crippen LogP contribution is 2.26. The molecular weight excluding hydrogens is 364 g/mol. The number of benzene rings is 1. The maximum absolute atomic E-state index is 5.80. The molecule has 1 aliphatic heterocycles. The molecule has 29 heavy (non-hydrogen) atoms. The summed E-state index contributed by atoms with van der Waals surface area (Å²) in [5.41, 5.74) is 7.37. The van der Waals surface area contributed by atoms with Gasteiger partial charge in [-0.1, -0.05) is 0 Å². The molecule has 2 N–H and O–H groups in total. The Hall–Kier alpha value is -3.02. The largest absolute Gasteiger partial charge is 0.494 e. The predicted octanol–water partition coefficient (Wildman–Crippen LogP) is 4.70. The molecule has 0 radical (unpaired) electrons. The summed E-state index contributed by atoms with van der Waals surface area (Å²) in [7, 11) is 0. The maximum atomic E-state index is 5.80. The minimum atomic E-state index is 0.742. The lowest BCUT2D eigenvalue weighted by Crippen LogP contribution is -2.34. The second-order valence-corrected chi connectivity index (χ2v) is 7.67. The molecule has 152 valence electrons. The quantitative estimate of drug-likeness (QED) is 0.464. The van der Waals surface area contributed by atoms with Gasteiger partial charge in [-0.05, 0) is 74.9 Å². The number of rotatable bonds is 7. The molecule has 0 bridgehead atoms.